The minimum absolute atomic E-state index is 0.0199. The normalized spacial score (nSPS) is 10.1. The topological polar surface area (TPSA) is 69.8 Å². The predicted molar refractivity (Wildman–Crippen MR) is 55.1 cm³/mol. The molecule has 1 aromatic rings. The van der Waals surface area contributed by atoms with E-state index in [2.05, 4.69) is 20.8 Å². The van der Waals surface area contributed by atoms with Crippen LogP contribution >= 0.6 is 0 Å². The van der Waals surface area contributed by atoms with Gasteiger partial charge in [-0.3, -0.25) is 9.89 Å². The Bertz CT molecular complexity index is 295. The van der Waals surface area contributed by atoms with Crippen molar-refractivity contribution < 1.29 is 4.79 Å². The lowest BCUT2D eigenvalue weighted by Crippen LogP contribution is -2.18. The van der Waals surface area contributed by atoms with Gasteiger partial charge in [-0.15, -0.1) is 0 Å². The number of anilines is 1. The highest BCUT2D eigenvalue weighted by molar-refractivity contribution is 5.89. The molecule has 0 aliphatic carbocycles. The smallest absolute Gasteiger partial charge is 0.226 e. The molecule has 1 heterocycles. The van der Waals surface area contributed by atoms with E-state index in [9.17, 15) is 4.79 Å². The SMILES string of the molecule is CCc1cc(NC(=O)CCNC)n[nH]1. The van der Waals surface area contributed by atoms with Crippen molar-refractivity contribution in [1.29, 1.82) is 0 Å². The molecule has 14 heavy (non-hydrogen) atoms. The lowest BCUT2D eigenvalue weighted by atomic mass is 10.3. The zero-order valence-electron chi connectivity index (χ0n) is 8.55. The van der Waals surface area contributed by atoms with E-state index in [-0.39, 0.29) is 5.91 Å². The Morgan fingerprint density at radius 2 is 2.43 bits per heavy atom. The Labute approximate surface area is 83.3 Å². The second kappa shape index (κ2) is 5.39. The summed E-state index contributed by atoms with van der Waals surface area (Å²) >= 11 is 0. The molecule has 78 valence electrons. The number of amides is 1. The molecule has 0 aliphatic heterocycles. The third kappa shape index (κ3) is 3.18. The molecule has 5 nitrogen and oxygen atoms in total. The third-order valence-electron chi connectivity index (χ3n) is 1.88. The van der Waals surface area contributed by atoms with Crippen LogP contribution in [-0.2, 0) is 11.2 Å². The first-order valence-electron chi connectivity index (χ1n) is 4.75. The van der Waals surface area contributed by atoms with Crippen molar-refractivity contribution in [3.05, 3.63) is 11.8 Å². The van der Waals surface area contributed by atoms with Crippen LogP contribution in [0.1, 0.15) is 19.0 Å². The fourth-order valence-electron chi connectivity index (χ4n) is 1.05. The van der Waals surface area contributed by atoms with Gasteiger partial charge < -0.3 is 10.6 Å². The highest BCUT2D eigenvalue weighted by Crippen LogP contribution is 2.05. The summed E-state index contributed by atoms with van der Waals surface area (Å²) < 4.78 is 0. The van der Waals surface area contributed by atoms with Gasteiger partial charge in [-0.25, -0.2) is 0 Å². The van der Waals surface area contributed by atoms with Crippen LogP contribution in [0.3, 0.4) is 0 Å². The Balaban J connectivity index is 2.39. The molecule has 0 aliphatic rings. The zero-order valence-corrected chi connectivity index (χ0v) is 8.55. The first kappa shape index (κ1) is 10.7. The van der Waals surface area contributed by atoms with Crippen LogP contribution in [0.25, 0.3) is 0 Å². The van der Waals surface area contributed by atoms with Crippen LogP contribution < -0.4 is 10.6 Å². The van der Waals surface area contributed by atoms with Gasteiger partial charge in [0.05, 0.1) is 0 Å². The summed E-state index contributed by atoms with van der Waals surface area (Å²) in [5, 5.41) is 12.4. The standard InChI is InChI=1S/C9H16N4O/c1-3-7-6-8(13-12-7)11-9(14)4-5-10-2/h6,10H,3-5H2,1-2H3,(H2,11,12,13,14). The minimum Gasteiger partial charge on any atom is -0.319 e. The highest BCUT2D eigenvalue weighted by atomic mass is 16.1. The number of nitrogens with zero attached hydrogens (tertiary/aromatic N) is 1. The lowest BCUT2D eigenvalue weighted by Gasteiger charge is -1.99. The van der Waals surface area contributed by atoms with Gasteiger partial charge >= 0.3 is 0 Å². The summed E-state index contributed by atoms with van der Waals surface area (Å²) in [6, 6.07) is 1.84. The van der Waals surface area contributed by atoms with Crippen molar-refractivity contribution in [2.75, 3.05) is 18.9 Å². The average Bonchev–Trinajstić information content (AvgIpc) is 2.62. The van der Waals surface area contributed by atoms with Gasteiger partial charge in [0.25, 0.3) is 0 Å². The van der Waals surface area contributed by atoms with Gasteiger partial charge in [-0.1, -0.05) is 6.92 Å². The summed E-state index contributed by atoms with van der Waals surface area (Å²) in [5.41, 5.74) is 1.02. The van der Waals surface area contributed by atoms with Crippen LogP contribution in [-0.4, -0.2) is 29.7 Å². The number of H-pyrrole nitrogens is 1. The number of hydrogen-bond acceptors (Lipinski definition) is 3. The van der Waals surface area contributed by atoms with Crippen molar-refractivity contribution in [2.45, 2.75) is 19.8 Å². The van der Waals surface area contributed by atoms with E-state index in [1.54, 1.807) is 0 Å². The number of hydrogen-bond donors (Lipinski definition) is 3. The van der Waals surface area contributed by atoms with E-state index >= 15 is 0 Å². The van der Waals surface area contributed by atoms with Crippen LogP contribution in [0.15, 0.2) is 6.07 Å². The van der Waals surface area contributed by atoms with Gasteiger partial charge in [0.15, 0.2) is 5.82 Å². The van der Waals surface area contributed by atoms with Crippen molar-refractivity contribution in [3.63, 3.8) is 0 Å². The van der Waals surface area contributed by atoms with Crippen molar-refractivity contribution in [3.8, 4) is 0 Å². The monoisotopic (exact) mass is 196 g/mol. The number of rotatable bonds is 5. The molecule has 1 amide bonds. The first-order valence-corrected chi connectivity index (χ1v) is 4.75. The molecule has 0 bridgehead atoms. The summed E-state index contributed by atoms with van der Waals surface area (Å²) in [6.45, 7) is 2.71. The van der Waals surface area contributed by atoms with Crippen LogP contribution in [0, 0.1) is 0 Å². The fourth-order valence-corrected chi connectivity index (χ4v) is 1.05. The molecule has 5 heteroatoms. The quantitative estimate of drug-likeness (QED) is 0.643. The van der Waals surface area contributed by atoms with E-state index < -0.39 is 0 Å². The molecule has 3 N–H and O–H groups in total. The highest BCUT2D eigenvalue weighted by Gasteiger charge is 2.04. The summed E-state index contributed by atoms with van der Waals surface area (Å²) in [6.07, 6.45) is 1.35. The fraction of sp³-hybridized carbons (Fsp3) is 0.556. The van der Waals surface area contributed by atoms with Gasteiger partial charge in [-0.2, -0.15) is 5.10 Å². The predicted octanol–water partition coefficient (Wildman–Crippen LogP) is 0.520. The van der Waals surface area contributed by atoms with E-state index in [0.717, 1.165) is 12.1 Å². The molecule has 1 rings (SSSR count). The maximum absolute atomic E-state index is 11.3. The summed E-state index contributed by atoms with van der Waals surface area (Å²) in [5.74, 6) is 0.580. The summed E-state index contributed by atoms with van der Waals surface area (Å²) in [4.78, 5) is 11.3. The lowest BCUT2D eigenvalue weighted by molar-refractivity contribution is -0.116. The van der Waals surface area contributed by atoms with Gasteiger partial charge in [0.1, 0.15) is 0 Å². The van der Waals surface area contributed by atoms with Crippen molar-refractivity contribution in [1.82, 2.24) is 15.5 Å². The third-order valence-corrected chi connectivity index (χ3v) is 1.88. The molecule has 0 radical (unpaired) electrons. The maximum Gasteiger partial charge on any atom is 0.226 e. The number of aryl methyl sites for hydroxylation is 1. The number of carbonyl (C=O) groups excluding carboxylic acids is 1. The molecule has 1 aromatic heterocycles. The molecule has 0 aromatic carbocycles. The van der Waals surface area contributed by atoms with Crippen molar-refractivity contribution >= 4 is 11.7 Å². The number of carbonyl (C=O) groups is 1. The van der Waals surface area contributed by atoms with E-state index in [1.165, 1.54) is 0 Å². The van der Waals surface area contributed by atoms with Gasteiger partial charge in [0.2, 0.25) is 5.91 Å². The molecule has 0 spiro atoms. The second-order valence-electron chi connectivity index (χ2n) is 3.03. The van der Waals surface area contributed by atoms with E-state index in [0.29, 0.717) is 18.8 Å². The molecule has 0 unspecified atom stereocenters. The molecular formula is C9H16N4O. The van der Waals surface area contributed by atoms with Crippen molar-refractivity contribution in [2.24, 2.45) is 0 Å². The number of nitrogens with one attached hydrogen (secondary N) is 3. The average molecular weight is 196 g/mol. The van der Waals surface area contributed by atoms with Crippen LogP contribution in [0.2, 0.25) is 0 Å². The van der Waals surface area contributed by atoms with Crippen LogP contribution in [0.5, 0.6) is 0 Å². The number of aromatic nitrogens is 2. The Morgan fingerprint density at radius 1 is 1.64 bits per heavy atom. The number of aromatic amines is 1. The Morgan fingerprint density at radius 3 is 3.00 bits per heavy atom. The molecular weight excluding hydrogens is 180 g/mol. The Kier molecular flexibility index (Phi) is 4.12. The second-order valence-corrected chi connectivity index (χ2v) is 3.03. The Hall–Kier alpha value is -1.36. The molecule has 0 fully saturated rings. The maximum atomic E-state index is 11.3. The van der Waals surface area contributed by atoms with E-state index in [1.807, 2.05) is 20.0 Å². The largest absolute Gasteiger partial charge is 0.319 e. The molecule has 0 atom stereocenters. The van der Waals surface area contributed by atoms with E-state index in [4.69, 9.17) is 0 Å². The zero-order chi connectivity index (χ0) is 10.4. The first-order chi connectivity index (χ1) is 6.76. The molecule has 0 saturated carbocycles. The van der Waals surface area contributed by atoms with Gasteiger partial charge in [-0.05, 0) is 13.5 Å². The molecule has 0 saturated heterocycles. The van der Waals surface area contributed by atoms with Gasteiger partial charge in [0, 0.05) is 24.7 Å². The van der Waals surface area contributed by atoms with Crippen LogP contribution in [0.4, 0.5) is 5.82 Å². The minimum atomic E-state index is -0.0199. The summed E-state index contributed by atoms with van der Waals surface area (Å²) in [7, 11) is 1.82.